The van der Waals surface area contributed by atoms with Crippen molar-refractivity contribution in [3.63, 3.8) is 0 Å². The van der Waals surface area contributed by atoms with Crippen LogP contribution in [-0.2, 0) is 7.05 Å². The monoisotopic (exact) mass is 394 g/mol. The summed E-state index contributed by atoms with van der Waals surface area (Å²) in [6, 6.07) is 0.118. The average Bonchev–Trinajstić information content (AvgIpc) is 3.16. The number of likely N-dealkylation sites (N-methyl/N-ethyl adjacent to an activating group) is 1. The molecule has 2 aromatic heterocycles. The molecule has 1 aliphatic heterocycles. The summed E-state index contributed by atoms with van der Waals surface area (Å²) in [4.78, 5) is 14.7. The molecule has 7 nitrogen and oxygen atoms in total. The van der Waals surface area contributed by atoms with Crippen LogP contribution < -0.4 is 14.3 Å². The molecular weight excluding hydrogens is 368 g/mol. The quantitative estimate of drug-likeness (QED) is 0.761. The SMILES string of the molecule is Cc1csc(NC(=O)NSN(c2cnn(C)c2)C2CCCN(C)C2)c1C. The second kappa shape index (κ2) is 8.32. The van der Waals surface area contributed by atoms with Crippen molar-refractivity contribution in [1.82, 2.24) is 19.4 Å². The minimum absolute atomic E-state index is 0.210. The zero-order chi connectivity index (χ0) is 18.7. The van der Waals surface area contributed by atoms with E-state index in [1.807, 2.05) is 33.3 Å². The number of piperidine rings is 1. The molecule has 3 heterocycles. The van der Waals surface area contributed by atoms with E-state index in [1.165, 1.54) is 17.7 Å². The van der Waals surface area contributed by atoms with E-state index in [9.17, 15) is 4.79 Å². The van der Waals surface area contributed by atoms with Crippen LogP contribution in [0.25, 0.3) is 0 Å². The molecule has 1 fully saturated rings. The number of amides is 2. The molecule has 1 unspecified atom stereocenters. The highest BCUT2D eigenvalue weighted by Gasteiger charge is 2.26. The second-order valence-electron chi connectivity index (χ2n) is 6.78. The molecule has 142 valence electrons. The summed E-state index contributed by atoms with van der Waals surface area (Å²) in [6.07, 6.45) is 6.07. The Labute approximate surface area is 163 Å². The molecule has 0 aromatic carbocycles. The summed E-state index contributed by atoms with van der Waals surface area (Å²) in [5.74, 6) is 0. The van der Waals surface area contributed by atoms with Crippen LogP contribution in [0.4, 0.5) is 15.5 Å². The number of likely N-dealkylation sites (tertiary alicyclic amines) is 1. The van der Waals surface area contributed by atoms with Crippen LogP contribution in [0.2, 0.25) is 0 Å². The molecule has 2 amide bonds. The summed E-state index contributed by atoms with van der Waals surface area (Å²) >= 11 is 2.88. The molecular formula is C17H26N6OS2. The summed E-state index contributed by atoms with van der Waals surface area (Å²) < 4.78 is 6.88. The van der Waals surface area contributed by atoms with Gasteiger partial charge in [-0.25, -0.2) is 4.79 Å². The first-order chi connectivity index (χ1) is 12.4. The van der Waals surface area contributed by atoms with Crippen molar-refractivity contribution < 1.29 is 4.79 Å². The van der Waals surface area contributed by atoms with Gasteiger partial charge in [-0.2, -0.15) is 5.10 Å². The summed E-state index contributed by atoms with van der Waals surface area (Å²) in [7, 11) is 4.04. The van der Waals surface area contributed by atoms with Gasteiger partial charge in [-0.3, -0.25) is 19.0 Å². The Hall–Kier alpha value is -1.71. The number of aryl methyl sites for hydroxylation is 2. The topological polar surface area (TPSA) is 65.4 Å². The van der Waals surface area contributed by atoms with Gasteiger partial charge in [-0.15, -0.1) is 11.3 Å². The maximum atomic E-state index is 12.4. The maximum absolute atomic E-state index is 12.4. The minimum Gasteiger partial charge on any atom is -0.304 e. The number of anilines is 2. The van der Waals surface area contributed by atoms with Crippen LogP contribution in [0, 0.1) is 13.8 Å². The second-order valence-corrected chi connectivity index (χ2v) is 8.44. The summed E-state index contributed by atoms with van der Waals surface area (Å²) in [5.41, 5.74) is 3.31. The van der Waals surface area contributed by atoms with Gasteiger partial charge in [0.25, 0.3) is 0 Å². The van der Waals surface area contributed by atoms with Crippen molar-refractivity contribution in [3.8, 4) is 0 Å². The van der Waals surface area contributed by atoms with Gasteiger partial charge in [-0.1, -0.05) is 0 Å². The number of hydrogen-bond acceptors (Lipinski definition) is 6. The maximum Gasteiger partial charge on any atom is 0.331 e. The van der Waals surface area contributed by atoms with Crippen molar-refractivity contribution in [2.24, 2.45) is 7.05 Å². The molecule has 0 radical (unpaired) electrons. The van der Waals surface area contributed by atoms with Crippen molar-refractivity contribution >= 4 is 40.2 Å². The molecule has 0 spiro atoms. The lowest BCUT2D eigenvalue weighted by molar-refractivity contribution is 0.253. The van der Waals surface area contributed by atoms with E-state index in [4.69, 9.17) is 0 Å². The van der Waals surface area contributed by atoms with Crippen molar-refractivity contribution in [3.05, 3.63) is 28.9 Å². The number of thiophene rings is 1. The Morgan fingerprint density at radius 1 is 1.42 bits per heavy atom. The molecule has 0 aliphatic carbocycles. The molecule has 3 rings (SSSR count). The normalized spacial score (nSPS) is 17.9. The van der Waals surface area contributed by atoms with E-state index in [1.54, 1.807) is 16.0 Å². The number of aromatic nitrogens is 2. The Morgan fingerprint density at radius 3 is 2.85 bits per heavy atom. The highest BCUT2D eigenvalue weighted by atomic mass is 32.2. The van der Waals surface area contributed by atoms with Gasteiger partial charge in [0.05, 0.1) is 35.1 Å². The fourth-order valence-corrected chi connectivity index (χ4v) is 4.75. The van der Waals surface area contributed by atoms with Gasteiger partial charge in [0, 0.05) is 19.8 Å². The summed E-state index contributed by atoms with van der Waals surface area (Å²) in [6.45, 7) is 6.16. The van der Waals surface area contributed by atoms with Crippen molar-refractivity contribution in [1.29, 1.82) is 0 Å². The molecule has 2 aromatic rings. The Balaban J connectivity index is 1.65. The Morgan fingerprint density at radius 2 is 2.23 bits per heavy atom. The fraction of sp³-hybridized carbons (Fsp3) is 0.529. The number of nitrogens with zero attached hydrogens (tertiary/aromatic N) is 4. The number of carbonyl (C=O) groups is 1. The molecule has 1 saturated heterocycles. The van der Waals surface area contributed by atoms with E-state index in [-0.39, 0.29) is 6.03 Å². The third kappa shape index (κ3) is 4.52. The zero-order valence-corrected chi connectivity index (χ0v) is 17.3. The van der Waals surface area contributed by atoms with Gasteiger partial charge < -0.3 is 4.90 Å². The lowest BCUT2D eigenvalue weighted by atomic mass is 10.1. The Bertz CT molecular complexity index is 758. The number of rotatable bonds is 5. The van der Waals surface area contributed by atoms with Crippen LogP contribution in [-0.4, -0.2) is 46.9 Å². The van der Waals surface area contributed by atoms with Crippen LogP contribution >= 0.6 is 23.5 Å². The average molecular weight is 395 g/mol. The highest BCUT2D eigenvalue weighted by Crippen LogP contribution is 2.29. The fourth-order valence-electron chi connectivity index (χ4n) is 3.04. The third-order valence-electron chi connectivity index (χ3n) is 4.63. The van der Waals surface area contributed by atoms with E-state index < -0.39 is 0 Å². The van der Waals surface area contributed by atoms with E-state index >= 15 is 0 Å². The zero-order valence-electron chi connectivity index (χ0n) is 15.7. The van der Waals surface area contributed by atoms with Crippen molar-refractivity contribution in [2.75, 3.05) is 29.8 Å². The summed E-state index contributed by atoms with van der Waals surface area (Å²) in [5, 5.41) is 10.2. The molecule has 1 atom stereocenters. The molecule has 0 bridgehead atoms. The van der Waals surface area contributed by atoms with Crippen LogP contribution in [0.5, 0.6) is 0 Å². The van der Waals surface area contributed by atoms with Gasteiger partial charge in [0.2, 0.25) is 0 Å². The van der Waals surface area contributed by atoms with Crippen molar-refractivity contribution in [2.45, 2.75) is 32.7 Å². The first-order valence-electron chi connectivity index (χ1n) is 8.69. The number of carbonyl (C=O) groups excluding carboxylic acids is 1. The van der Waals surface area contributed by atoms with E-state index in [0.29, 0.717) is 6.04 Å². The van der Waals surface area contributed by atoms with Gasteiger partial charge >= 0.3 is 6.03 Å². The first kappa shape index (κ1) is 19.1. The van der Waals surface area contributed by atoms with Crippen LogP contribution in [0.3, 0.4) is 0 Å². The third-order valence-corrected chi connectivity index (χ3v) is 6.72. The number of nitrogens with one attached hydrogen (secondary N) is 2. The predicted molar refractivity (Wildman–Crippen MR) is 110 cm³/mol. The van der Waals surface area contributed by atoms with Gasteiger partial charge in [-0.05, 0) is 56.8 Å². The molecule has 9 heteroatoms. The van der Waals surface area contributed by atoms with Gasteiger partial charge in [0.15, 0.2) is 0 Å². The molecule has 26 heavy (non-hydrogen) atoms. The number of hydrogen-bond donors (Lipinski definition) is 2. The molecule has 2 N–H and O–H groups in total. The molecule has 1 aliphatic rings. The minimum atomic E-state index is -0.210. The lowest BCUT2D eigenvalue weighted by Crippen LogP contribution is -2.45. The van der Waals surface area contributed by atoms with Crippen LogP contribution in [0.15, 0.2) is 17.8 Å². The first-order valence-corrected chi connectivity index (χ1v) is 10.3. The predicted octanol–water partition coefficient (Wildman–Crippen LogP) is 3.38. The lowest BCUT2D eigenvalue weighted by Gasteiger charge is -2.37. The Kier molecular flexibility index (Phi) is 6.10. The van der Waals surface area contributed by atoms with Gasteiger partial charge in [0.1, 0.15) is 0 Å². The van der Waals surface area contributed by atoms with E-state index in [0.717, 1.165) is 42.2 Å². The largest absolute Gasteiger partial charge is 0.331 e. The van der Waals surface area contributed by atoms with Crippen LogP contribution in [0.1, 0.15) is 24.0 Å². The van der Waals surface area contributed by atoms with E-state index in [2.05, 4.69) is 36.8 Å². The smallest absolute Gasteiger partial charge is 0.304 e. The highest BCUT2D eigenvalue weighted by molar-refractivity contribution is 7.99. The number of urea groups is 1. The standard InChI is InChI=1S/C17H26N6OS2/c1-12-11-25-16(13(12)2)19-17(24)20-26-23(15-8-18-22(4)10-15)14-6-5-7-21(3)9-14/h8,10-11,14H,5-7,9H2,1-4H3,(H2,19,20,24). The molecule has 0 saturated carbocycles.